The van der Waals surface area contributed by atoms with Crippen LogP contribution in [0.15, 0.2) is 42.5 Å². The molecule has 0 unspecified atom stereocenters. The number of halogens is 1. The van der Waals surface area contributed by atoms with Crippen molar-refractivity contribution in [2.45, 2.75) is 43.5 Å². The standard InChI is InChI=1S/C23H22ClNO10/c24-14-9-13(5-6-15(14)33-23-21(31)20(30)19(29)16(10-26)34-23)11-1-3-12(4-2-11)22(32)35-25-17(27)7-8-18(25)28/h1-6,9,16,19-21,23,26,29-31H,7-8,10H2/t16-,19-,20+,21+,23+/m1/s1. The molecule has 2 aromatic carbocycles. The van der Waals surface area contributed by atoms with Gasteiger partial charge in [0, 0.05) is 12.8 Å². The third kappa shape index (κ3) is 5.15. The number of rotatable bonds is 6. The number of hydroxylamine groups is 2. The van der Waals surface area contributed by atoms with Gasteiger partial charge in [-0.05, 0) is 35.4 Å². The van der Waals surface area contributed by atoms with Gasteiger partial charge in [-0.2, -0.15) is 0 Å². The zero-order valence-corrected chi connectivity index (χ0v) is 18.9. The molecule has 11 nitrogen and oxygen atoms in total. The second-order valence-electron chi connectivity index (χ2n) is 8.00. The summed E-state index contributed by atoms with van der Waals surface area (Å²) in [6, 6.07) is 10.9. The van der Waals surface area contributed by atoms with Crippen molar-refractivity contribution >= 4 is 29.4 Å². The predicted molar refractivity (Wildman–Crippen MR) is 118 cm³/mol. The normalized spacial score (nSPS) is 26.7. The van der Waals surface area contributed by atoms with E-state index in [0.717, 1.165) is 0 Å². The first-order valence-electron chi connectivity index (χ1n) is 10.6. The topological polar surface area (TPSA) is 163 Å². The second kappa shape index (κ2) is 10.3. The number of aliphatic hydroxyl groups is 4. The van der Waals surface area contributed by atoms with E-state index in [4.69, 9.17) is 25.9 Å². The number of benzene rings is 2. The van der Waals surface area contributed by atoms with Gasteiger partial charge in [-0.15, -0.1) is 5.06 Å². The Morgan fingerprint density at radius 3 is 2.20 bits per heavy atom. The average molecular weight is 508 g/mol. The number of aliphatic hydroxyl groups excluding tert-OH is 4. The largest absolute Gasteiger partial charge is 0.460 e. The van der Waals surface area contributed by atoms with E-state index in [9.17, 15) is 34.8 Å². The van der Waals surface area contributed by atoms with Crippen LogP contribution in [-0.4, -0.2) is 80.6 Å². The van der Waals surface area contributed by atoms with Crippen LogP contribution in [0.4, 0.5) is 0 Å². The lowest BCUT2D eigenvalue weighted by molar-refractivity contribution is -0.277. The molecule has 2 heterocycles. The van der Waals surface area contributed by atoms with Gasteiger partial charge in [0.15, 0.2) is 0 Å². The van der Waals surface area contributed by atoms with Crippen LogP contribution in [0.3, 0.4) is 0 Å². The van der Waals surface area contributed by atoms with E-state index < -0.39 is 55.1 Å². The lowest BCUT2D eigenvalue weighted by Gasteiger charge is -2.39. The smallest absolute Gasteiger partial charge is 0.363 e. The van der Waals surface area contributed by atoms with E-state index in [0.29, 0.717) is 16.2 Å². The maximum atomic E-state index is 12.3. The molecule has 0 aliphatic carbocycles. The molecule has 35 heavy (non-hydrogen) atoms. The van der Waals surface area contributed by atoms with Crippen molar-refractivity contribution in [2.75, 3.05) is 6.61 Å². The van der Waals surface area contributed by atoms with Crippen molar-refractivity contribution in [3.8, 4) is 16.9 Å². The summed E-state index contributed by atoms with van der Waals surface area (Å²) in [5, 5.41) is 39.8. The van der Waals surface area contributed by atoms with Crippen LogP contribution < -0.4 is 4.74 Å². The van der Waals surface area contributed by atoms with Gasteiger partial charge in [0.25, 0.3) is 11.8 Å². The summed E-state index contributed by atoms with van der Waals surface area (Å²) >= 11 is 6.32. The summed E-state index contributed by atoms with van der Waals surface area (Å²) < 4.78 is 10.9. The molecule has 2 aromatic rings. The van der Waals surface area contributed by atoms with Crippen LogP contribution in [0.25, 0.3) is 11.1 Å². The molecule has 2 fully saturated rings. The molecule has 4 N–H and O–H groups in total. The number of hydrogen-bond acceptors (Lipinski definition) is 10. The van der Waals surface area contributed by atoms with E-state index >= 15 is 0 Å². The quantitative estimate of drug-likeness (QED) is 0.402. The van der Waals surface area contributed by atoms with Gasteiger partial charge in [-0.25, -0.2) is 4.79 Å². The highest BCUT2D eigenvalue weighted by Crippen LogP contribution is 2.33. The maximum Gasteiger partial charge on any atom is 0.363 e. The molecule has 5 atom stereocenters. The highest BCUT2D eigenvalue weighted by molar-refractivity contribution is 6.32. The van der Waals surface area contributed by atoms with Gasteiger partial charge in [0.1, 0.15) is 30.2 Å². The van der Waals surface area contributed by atoms with E-state index in [1.54, 1.807) is 24.3 Å². The Hall–Kier alpha value is -3.06. The molecule has 0 bridgehead atoms. The highest BCUT2D eigenvalue weighted by atomic mass is 35.5. The molecule has 2 aliphatic heterocycles. The molecule has 2 aliphatic rings. The molecule has 186 valence electrons. The van der Waals surface area contributed by atoms with Gasteiger partial charge in [-0.1, -0.05) is 29.8 Å². The number of nitrogens with zero attached hydrogens (tertiary/aromatic N) is 1. The fraction of sp³-hybridized carbons (Fsp3) is 0.348. The zero-order valence-electron chi connectivity index (χ0n) is 18.1. The number of amides is 2. The van der Waals surface area contributed by atoms with Crippen molar-refractivity contribution in [1.82, 2.24) is 5.06 Å². The minimum atomic E-state index is -1.59. The Morgan fingerprint density at radius 1 is 0.971 bits per heavy atom. The number of hydrogen-bond donors (Lipinski definition) is 4. The summed E-state index contributed by atoms with van der Waals surface area (Å²) in [5.74, 6) is -1.86. The average Bonchev–Trinajstić information content (AvgIpc) is 3.17. The van der Waals surface area contributed by atoms with E-state index in [-0.39, 0.29) is 29.2 Å². The Bertz CT molecular complexity index is 1110. The minimum Gasteiger partial charge on any atom is -0.460 e. The summed E-state index contributed by atoms with van der Waals surface area (Å²) in [6.45, 7) is -0.592. The first kappa shape index (κ1) is 25.0. The van der Waals surface area contributed by atoms with E-state index in [1.165, 1.54) is 18.2 Å². The number of imide groups is 1. The maximum absolute atomic E-state index is 12.3. The van der Waals surface area contributed by atoms with Crippen molar-refractivity contribution in [3.05, 3.63) is 53.1 Å². The van der Waals surface area contributed by atoms with Crippen LogP contribution in [0.1, 0.15) is 23.2 Å². The van der Waals surface area contributed by atoms with Gasteiger partial charge < -0.3 is 34.7 Å². The monoisotopic (exact) mass is 507 g/mol. The van der Waals surface area contributed by atoms with Gasteiger partial charge in [0.2, 0.25) is 6.29 Å². The molecule has 4 rings (SSSR count). The lowest BCUT2D eigenvalue weighted by Crippen LogP contribution is -2.60. The Labute approximate surface area is 204 Å². The first-order valence-corrected chi connectivity index (χ1v) is 11.0. The molecule has 0 radical (unpaired) electrons. The van der Waals surface area contributed by atoms with Crippen molar-refractivity contribution < 1.29 is 49.1 Å². The van der Waals surface area contributed by atoms with Gasteiger partial charge in [-0.3, -0.25) is 9.59 Å². The van der Waals surface area contributed by atoms with Crippen molar-refractivity contribution in [2.24, 2.45) is 0 Å². The third-order valence-corrected chi connectivity index (χ3v) is 5.95. The summed E-state index contributed by atoms with van der Waals surface area (Å²) in [4.78, 5) is 40.4. The van der Waals surface area contributed by atoms with E-state index in [1.807, 2.05) is 0 Å². The predicted octanol–water partition coefficient (Wildman–Crippen LogP) is 0.406. The molecular formula is C23H22ClNO10. The minimum absolute atomic E-state index is 0.00189. The Kier molecular flexibility index (Phi) is 7.36. The van der Waals surface area contributed by atoms with Crippen molar-refractivity contribution in [1.29, 1.82) is 0 Å². The van der Waals surface area contributed by atoms with Crippen LogP contribution in [0, 0.1) is 0 Å². The lowest BCUT2D eigenvalue weighted by atomic mass is 9.99. The Morgan fingerprint density at radius 2 is 1.60 bits per heavy atom. The molecular weight excluding hydrogens is 486 g/mol. The SMILES string of the molecule is O=C(ON1C(=O)CCC1=O)c1ccc(-c2ccc(O[C@H]3O[C@H](CO)[C@@H](O)[C@H](O)[C@@H]3O)c(Cl)c2)cc1. The second-order valence-corrected chi connectivity index (χ2v) is 8.41. The first-order chi connectivity index (χ1) is 16.7. The fourth-order valence-electron chi connectivity index (χ4n) is 3.66. The van der Waals surface area contributed by atoms with Crippen LogP contribution in [0.5, 0.6) is 5.75 Å². The van der Waals surface area contributed by atoms with Gasteiger partial charge in [0.05, 0.1) is 17.2 Å². The molecule has 12 heteroatoms. The van der Waals surface area contributed by atoms with Crippen molar-refractivity contribution in [3.63, 3.8) is 0 Å². The number of carbonyl (C=O) groups is 3. The number of carbonyl (C=O) groups excluding carboxylic acids is 3. The van der Waals surface area contributed by atoms with Crippen LogP contribution in [-0.2, 0) is 19.2 Å². The zero-order chi connectivity index (χ0) is 25.3. The van der Waals surface area contributed by atoms with Gasteiger partial charge >= 0.3 is 5.97 Å². The third-order valence-electron chi connectivity index (χ3n) is 5.66. The molecule has 2 amide bonds. The molecule has 2 saturated heterocycles. The summed E-state index contributed by atoms with van der Waals surface area (Å²) in [6.07, 6.45) is -7.18. The highest BCUT2D eigenvalue weighted by Gasteiger charge is 2.44. The van der Waals surface area contributed by atoms with Crippen LogP contribution in [0.2, 0.25) is 5.02 Å². The molecule has 0 spiro atoms. The summed E-state index contributed by atoms with van der Waals surface area (Å²) in [5.41, 5.74) is 1.46. The molecule has 0 saturated carbocycles. The Balaban J connectivity index is 1.44. The van der Waals surface area contributed by atoms with Crippen LogP contribution >= 0.6 is 11.6 Å². The summed E-state index contributed by atoms with van der Waals surface area (Å²) in [7, 11) is 0. The fourth-order valence-corrected chi connectivity index (χ4v) is 3.88. The number of ether oxygens (including phenoxy) is 2. The molecule has 0 aromatic heterocycles. The van der Waals surface area contributed by atoms with E-state index in [2.05, 4.69) is 0 Å².